The summed E-state index contributed by atoms with van der Waals surface area (Å²) in [5.41, 5.74) is 0.437. The first kappa shape index (κ1) is 27.0. The van der Waals surface area contributed by atoms with Crippen LogP contribution in [0.5, 0.6) is 17.2 Å². The van der Waals surface area contributed by atoms with Crippen LogP contribution in [-0.4, -0.2) is 31.8 Å². The standard InChI is InChI=1S/C28H36O6/c1-3-5-6-7-8-9-20-31-25-16-18-26(19-17-25)34-28(30)23-12-14-24(15-13-23)32-21-10-11-22-33-27(29)4-2/h4,12-19H,2-3,5-11,20-22H2,1H3. The number of hydrogen-bond acceptors (Lipinski definition) is 6. The Bertz CT molecular complexity index is 857. The lowest BCUT2D eigenvalue weighted by molar-refractivity contribution is -0.137. The summed E-state index contributed by atoms with van der Waals surface area (Å²) in [7, 11) is 0. The van der Waals surface area contributed by atoms with Crippen molar-refractivity contribution < 1.29 is 28.5 Å². The lowest BCUT2D eigenvalue weighted by Crippen LogP contribution is -2.08. The van der Waals surface area contributed by atoms with Crippen LogP contribution in [0.1, 0.15) is 68.6 Å². The highest BCUT2D eigenvalue weighted by Crippen LogP contribution is 2.20. The van der Waals surface area contributed by atoms with Crippen LogP contribution in [0.3, 0.4) is 0 Å². The zero-order valence-electron chi connectivity index (χ0n) is 20.1. The van der Waals surface area contributed by atoms with Gasteiger partial charge in [-0.3, -0.25) is 0 Å². The van der Waals surface area contributed by atoms with Crippen LogP contribution < -0.4 is 14.2 Å². The van der Waals surface area contributed by atoms with Gasteiger partial charge in [-0.25, -0.2) is 9.59 Å². The number of esters is 2. The Balaban J connectivity index is 1.66. The number of carbonyl (C=O) groups excluding carboxylic acids is 2. The molecule has 0 fully saturated rings. The third-order valence-corrected chi connectivity index (χ3v) is 5.11. The highest BCUT2D eigenvalue weighted by atomic mass is 16.5. The fourth-order valence-electron chi connectivity index (χ4n) is 3.16. The Hall–Kier alpha value is -3.28. The second-order valence-electron chi connectivity index (χ2n) is 7.93. The average Bonchev–Trinajstić information content (AvgIpc) is 2.86. The predicted molar refractivity (Wildman–Crippen MR) is 133 cm³/mol. The first-order chi connectivity index (χ1) is 16.6. The van der Waals surface area contributed by atoms with Gasteiger partial charge in [-0.2, -0.15) is 0 Å². The van der Waals surface area contributed by atoms with Crippen molar-refractivity contribution in [3.8, 4) is 17.2 Å². The molecule has 0 saturated carbocycles. The molecule has 0 N–H and O–H groups in total. The molecular weight excluding hydrogens is 432 g/mol. The maximum absolute atomic E-state index is 12.4. The third-order valence-electron chi connectivity index (χ3n) is 5.11. The van der Waals surface area contributed by atoms with Gasteiger partial charge in [-0.1, -0.05) is 45.6 Å². The molecule has 0 amide bonds. The number of carbonyl (C=O) groups is 2. The molecule has 0 heterocycles. The summed E-state index contributed by atoms with van der Waals surface area (Å²) in [4.78, 5) is 23.3. The van der Waals surface area contributed by atoms with Gasteiger partial charge in [0.2, 0.25) is 0 Å². The molecule has 2 aromatic carbocycles. The van der Waals surface area contributed by atoms with Crippen LogP contribution in [0.15, 0.2) is 61.2 Å². The predicted octanol–water partition coefficient (Wildman–Crippen LogP) is 6.53. The van der Waals surface area contributed by atoms with Crippen molar-refractivity contribution in [2.45, 2.75) is 58.3 Å². The third kappa shape index (κ3) is 11.0. The smallest absolute Gasteiger partial charge is 0.343 e. The molecule has 6 nitrogen and oxygen atoms in total. The van der Waals surface area contributed by atoms with Gasteiger partial charge in [-0.05, 0) is 67.8 Å². The molecule has 0 unspecified atom stereocenters. The minimum absolute atomic E-state index is 0.339. The average molecular weight is 469 g/mol. The van der Waals surface area contributed by atoms with E-state index in [1.54, 1.807) is 36.4 Å². The van der Waals surface area contributed by atoms with Gasteiger partial charge in [0, 0.05) is 6.08 Å². The Morgan fingerprint density at radius 3 is 1.82 bits per heavy atom. The summed E-state index contributed by atoms with van der Waals surface area (Å²) in [6.45, 7) is 7.09. The second-order valence-corrected chi connectivity index (χ2v) is 7.93. The summed E-state index contributed by atoms with van der Waals surface area (Å²) >= 11 is 0. The lowest BCUT2D eigenvalue weighted by Gasteiger charge is -2.09. The SMILES string of the molecule is C=CC(=O)OCCCCOc1ccc(C(=O)Oc2ccc(OCCCCCCCC)cc2)cc1. The van der Waals surface area contributed by atoms with E-state index in [0.717, 1.165) is 24.7 Å². The van der Waals surface area contributed by atoms with Gasteiger partial charge in [-0.15, -0.1) is 0 Å². The number of ether oxygens (including phenoxy) is 4. The van der Waals surface area contributed by atoms with Crippen LogP contribution in [-0.2, 0) is 9.53 Å². The van der Waals surface area contributed by atoms with Gasteiger partial charge in [0.25, 0.3) is 0 Å². The molecule has 2 rings (SSSR count). The van der Waals surface area contributed by atoms with E-state index in [2.05, 4.69) is 13.5 Å². The zero-order valence-corrected chi connectivity index (χ0v) is 20.1. The van der Waals surface area contributed by atoms with Crippen molar-refractivity contribution in [1.29, 1.82) is 0 Å². The molecule has 0 radical (unpaired) electrons. The molecule has 0 aliphatic rings. The maximum Gasteiger partial charge on any atom is 0.343 e. The normalized spacial score (nSPS) is 10.4. The highest BCUT2D eigenvalue weighted by Gasteiger charge is 2.09. The number of benzene rings is 2. The minimum atomic E-state index is -0.434. The molecule has 6 heteroatoms. The van der Waals surface area contributed by atoms with Gasteiger partial charge in [0.1, 0.15) is 17.2 Å². The van der Waals surface area contributed by atoms with E-state index in [4.69, 9.17) is 18.9 Å². The van der Waals surface area contributed by atoms with Crippen LogP contribution in [0.25, 0.3) is 0 Å². The Morgan fingerprint density at radius 2 is 1.21 bits per heavy atom. The fourth-order valence-corrected chi connectivity index (χ4v) is 3.16. The molecule has 184 valence electrons. The van der Waals surface area contributed by atoms with Crippen LogP contribution in [0, 0.1) is 0 Å². The van der Waals surface area contributed by atoms with Crippen molar-refractivity contribution in [2.75, 3.05) is 19.8 Å². The molecule has 34 heavy (non-hydrogen) atoms. The summed E-state index contributed by atoms with van der Waals surface area (Å²) in [6.07, 6.45) is 9.93. The van der Waals surface area contributed by atoms with E-state index in [0.29, 0.717) is 43.3 Å². The first-order valence-electron chi connectivity index (χ1n) is 12.1. The molecule has 0 atom stereocenters. The van der Waals surface area contributed by atoms with E-state index >= 15 is 0 Å². The van der Waals surface area contributed by atoms with E-state index in [-0.39, 0.29) is 0 Å². The van der Waals surface area contributed by atoms with Crippen molar-refractivity contribution in [2.24, 2.45) is 0 Å². The number of rotatable bonds is 17. The lowest BCUT2D eigenvalue weighted by atomic mass is 10.1. The molecule has 2 aromatic rings. The molecule has 0 aliphatic carbocycles. The van der Waals surface area contributed by atoms with Crippen molar-refractivity contribution in [3.63, 3.8) is 0 Å². The van der Waals surface area contributed by atoms with E-state index in [1.165, 1.54) is 32.1 Å². The van der Waals surface area contributed by atoms with Crippen molar-refractivity contribution in [3.05, 3.63) is 66.7 Å². The molecule has 0 bridgehead atoms. The van der Waals surface area contributed by atoms with Crippen LogP contribution >= 0.6 is 0 Å². The molecule has 0 aromatic heterocycles. The monoisotopic (exact) mass is 468 g/mol. The van der Waals surface area contributed by atoms with Crippen LogP contribution in [0.4, 0.5) is 0 Å². The van der Waals surface area contributed by atoms with Gasteiger partial charge in [0.15, 0.2) is 0 Å². The molecular formula is C28H36O6. The first-order valence-corrected chi connectivity index (χ1v) is 12.1. The maximum atomic E-state index is 12.4. The number of hydrogen-bond donors (Lipinski definition) is 0. The van der Waals surface area contributed by atoms with Crippen molar-refractivity contribution in [1.82, 2.24) is 0 Å². The topological polar surface area (TPSA) is 71.1 Å². The summed E-state index contributed by atoms with van der Waals surface area (Å²) in [5.74, 6) is 1.04. The molecule has 0 spiro atoms. The Kier molecular flexibility index (Phi) is 13.0. The second kappa shape index (κ2) is 16.4. The Labute approximate surface area is 202 Å². The number of unbranched alkanes of at least 4 members (excludes halogenated alkanes) is 6. The van der Waals surface area contributed by atoms with Crippen molar-refractivity contribution >= 4 is 11.9 Å². The molecule has 0 aliphatic heterocycles. The van der Waals surface area contributed by atoms with E-state index in [1.807, 2.05) is 12.1 Å². The summed E-state index contributed by atoms with van der Waals surface area (Å²) in [6, 6.07) is 13.9. The van der Waals surface area contributed by atoms with Gasteiger partial charge in [0.05, 0.1) is 25.4 Å². The minimum Gasteiger partial charge on any atom is -0.494 e. The van der Waals surface area contributed by atoms with E-state index < -0.39 is 11.9 Å². The summed E-state index contributed by atoms with van der Waals surface area (Å²) in [5, 5.41) is 0. The quantitative estimate of drug-likeness (QED) is 0.114. The fraction of sp³-hybridized carbons (Fsp3) is 0.429. The highest BCUT2D eigenvalue weighted by molar-refractivity contribution is 5.91. The van der Waals surface area contributed by atoms with E-state index in [9.17, 15) is 9.59 Å². The molecule has 0 saturated heterocycles. The zero-order chi connectivity index (χ0) is 24.4. The largest absolute Gasteiger partial charge is 0.494 e. The van der Waals surface area contributed by atoms with Gasteiger partial charge < -0.3 is 18.9 Å². The van der Waals surface area contributed by atoms with Crippen LogP contribution in [0.2, 0.25) is 0 Å². The summed E-state index contributed by atoms with van der Waals surface area (Å²) < 4.78 is 21.8. The Morgan fingerprint density at radius 1 is 0.706 bits per heavy atom. The van der Waals surface area contributed by atoms with Gasteiger partial charge >= 0.3 is 11.9 Å².